The van der Waals surface area contributed by atoms with Crippen LogP contribution in [0.4, 0.5) is 5.69 Å². The van der Waals surface area contributed by atoms with Gasteiger partial charge >= 0.3 is 0 Å². The number of Topliss-reactive ketones (excluding diaryl/α,β-unsaturated/α-hetero) is 1. The summed E-state index contributed by atoms with van der Waals surface area (Å²) in [6, 6.07) is 13.2. The molecule has 2 aliphatic rings. The number of ketones is 1. The van der Waals surface area contributed by atoms with E-state index in [1.54, 1.807) is 14.2 Å². The van der Waals surface area contributed by atoms with Gasteiger partial charge in [0.05, 0.1) is 20.1 Å². The van der Waals surface area contributed by atoms with Crippen molar-refractivity contribution in [3.63, 3.8) is 0 Å². The monoisotopic (exact) mass is 460 g/mol. The maximum atomic E-state index is 13.8. The lowest BCUT2D eigenvalue weighted by Crippen LogP contribution is -2.39. The maximum absolute atomic E-state index is 13.8. The van der Waals surface area contributed by atoms with Gasteiger partial charge < -0.3 is 20.1 Å². The quantitative estimate of drug-likeness (QED) is 0.637. The average Bonchev–Trinajstić information content (AvgIpc) is 2.78. The minimum atomic E-state index is -0.575. The molecule has 0 spiro atoms. The molecule has 34 heavy (non-hydrogen) atoms. The summed E-state index contributed by atoms with van der Waals surface area (Å²) in [5.41, 5.74) is 5.01. The number of anilines is 1. The van der Waals surface area contributed by atoms with Crippen molar-refractivity contribution in [3.05, 3.63) is 76.1 Å². The van der Waals surface area contributed by atoms with Crippen LogP contribution >= 0.6 is 0 Å². The van der Waals surface area contributed by atoms with Crippen LogP contribution in [0.5, 0.6) is 11.5 Å². The molecule has 0 aromatic heterocycles. The van der Waals surface area contributed by atoms with Crippen molar-refractivity contribution in [1.82, 2.24) is 5.32 Å². The smallest absolute Gasteiger partial charge is 0.254 e. The SMILES string of the molecule is COc1cccc([C@H]2C(C(=O)Nc3ccccc3C)=C(C)NC3=C2C(=O)CC(C)(C)C3)c1OC. The van der Waals surface area contributed by atoms with Crippen molar-refractivity contribution in [3.8, 4) is 11.5 Å². The Morgan fingerprint density at radius 3 is 2.44 bits per heavy atom. The molecule has 1 atom stereocenters. The standard InChI is InChI=1S/C28H32N2O4/c1-16-10-7-8-12-19(16)30-27(32)23-17(2)29-20-14-28(3,4)15-21(31)25(20)24(23)18-11-9-13-22(33-5)26(18)34-6/h7-13,24,29H,14-15H2,1-6H3,(H,30,32)/t24-/m0/s1. The second kappa shape index (κ2) is 9.01. The van der Waals surface area contributed by atoms with E-state index in [9.17, 15) is 9.59 Å². The molecule has 178 valence electrons. The fraction of sp³-hybridized carbons (Fsp3) is 0.357. The van der Waals surface area contributed by atoms with Crippen molar-refractivity contribution in [2.75, 3.05) is 19.5 Å². The van der Waals surface area contributed by atoms with Crippen LogP contribution in [0.25, 0.3) is 0 Å². The fourth-order valence-electron chi connectivity index (χ4n) is 5.09. The highest BCUT2D eigenvalue weighted by molar-refractivity contribution is 6.10. The summed E-state index contributed by atoms with van der Waals surface area (Å²) in [6.07, 6.45) is 1.14. The molecule has 6 heteroatoms. The van der Waals surface area contributed by atoms with Gasteiger partial charge in [-0.25, -0.2) is 0 Å². The maximum Gasteiger partial charge on any atom is 0.254 e. The van der Waals surface area contributed by atoms with Gasteiger partial charge in [0.25, 0.3) is 5.91 Å². The Labute approximate surface area is 201 Å². The molecule has 0 unspecified atom stereocenters. The van der Waals surface area contributed by atoms with Crippen LogP contribution in [-0.4, -0.2) is 25.9 Å². The molecular formula is C28H32N2O4. The largest absolute Gasteiger partial charge is 0.493 e. The number of nitrogens with one attached hydrogen (secondary N) is 2. The lowest BCUT2D eigenvalue weighted by Gasteiger charge is -2.40. The van der Waals surface area contributed by atoms with Crippen LogP contribution in [0.2, 0.25) is 0 Å². The Morgan fingerprint density at radius 2 is 1.76 bits per heavy atom. The molecule has 2 aromatic carbocycles. The molecule has 1 aliphatic heterocycles. The average molecular weight is 461 g/mol. The van der Waals surface area contributed by atoms with Crippen molar-refractivity contribution in [2.45, 2.75) is 46.5 Å². The molecule has 2 aromatic rings. The number of rotatable bonds is 5. The van der Waals surface area contributed by atoms with Gasteiger partial charge in [0, 0.05) is 40.2 Å². The molecule has 4 rings (SSSR count). The van der Waals surface area contributed by atoms with Crippen molar-refractivity contribution >= 4 is 17.4 Å². The first kappa shape index (κ1) is 23.6. The lowest BCUT2D eigenvalue weighted by atomic mass is 9.68. The zero-order valence-corrected chi connectivity index (χ0v) is 20.7. The molecule has 2 N–H and O–H groups in total. The molecule has 1 amide bonds. The Bertz CT molecular complexity index is 1220. The Kier molecular flexibility index (Phi) is 6.26. The number of dihydropyridines is 1. The van der Waals surface area contributed by atoms with E-state index >= 15 is 0 Å². The molecule has 1 heterocycles. The number of hydrogen-bond donors (Lipinski definition) is 2. The van der Waals surface area contributed by atoms with Gasteiger partial charge in [-0.2, -0.15) is 0 Å². The van der Waals surface area contributed by atoms with E-state index in [1.807, 2.05) is 56.3 Å². The summed E-state index contributed by atoms with van der Waals surface area (Å²) in [6.45, 7) is 8.03. The first-order valence-electron chi connectivity index (χ1n) is 11.5. The summed E-state index contributed by atoms with van der Waals surface area (Å²) in [4.78, 5) is 27.3. The Balaban J connectivity index is 1.90. The van der Waals surface area contributed by atoms with E-state index in [4.69, 9.17) is 9.47 Å². The third-order valence-corrected chi connectivity index (χ3v) is 6.62. The topological polar surface area (TPSA) is 76.7 Å². The van der Waals surface area contributed by atoms with E-state index in [0.29, 0.717) is 29.1 Å². The summed E-state index contributed by atoms with van der Waals surface area (Å²) < 4.78 is 11.3. The van der Waals surface area contributed by atoms with Gasteiger partial charge in [0.15, 0.2) is 17.3 Å². The Morgan fingerprint density at radius 1 is 1.03 bits per heavy atom. The highest BCUT2D eigenvalue weighted by Crippen LogP contribution is 2.50. The summed E-state index contributed by atoms with van der Waals surface area (Å²) in [5, 5.41) is 6.47. The number of benzene rings is 2. The van der Waals surface area contributed by atoms with Crippen molar-refractivity contribution < 1.29 is 19.1 Å². The minimum Gasteiger partial charge on any atom is -0.493 e. The number of aryl methyl sites for hydroxylation is 1. The molecular weight excluding hydrogens is 428 g/mol. The van der Waals surface area contributed by atoms with E-state index in [2.05, 4.69) is 24.5 Å². The van der Waals surface area contributed by atoms with Gasteiger partial charge in [-0.3, -0.25) is 9.59 Å². The number of amides is 1. The predicted octanol–water partition coefficient (Wildman–Crippen LogP) is 5.25. The van der Waals surface area contributed by atoms with E-state index in [-0.39, 0.29) is 17.1 Å². The number of carbonyl (C=O) groups excluding carboxylic acids is 2. The second-order valence-electron chi connectivity index (χ2n) is 9.78. The van der Waals surface area contributed by atoms with Crippen LogP contribution in [0.1, 0.15) is 50.7 Å². The zero-order valence-electron chi connectivity index (χ0n) is 20.7. The van der Waals surface area contributed by atoms with Gasteiger partial charge in [0.2, 0.25) is 0 Å². The van der Waals surface area contributed by atoms with Crippen molar-refractivity contribution in [1.29, 1.82) is 0 Å². The van der Waals surface area contributed by atoms with Crippen LogP contribution in [-0.2, 0) is 9.59 Å². The van der Waals surface area contributed by atoms with Crippen LogP contribution in [0.3, 0.4) is 0 Å². The van der Waals surface area contributed by atoms with E-state index in [0.717, 1.165) is 34.6 Å². The zero-order chi connectivity index (χ0) is 24.6. The summed E-state index contributed by atoms with van der Waals surface area (Å²) in [7, 11) is 3.16. The number of ether oxygens (including phenoxy) is 2. The molecule has 0 radical (unpaired) electrons. The first-order chi connectivity index (χ1) is 16.2. The van der Waals surface area contributed by atoms with E-state index < -0.39 is 5.92 Å². The number of carbonyl (C=O) groups is 2. The summed E-state index contributed by atoms with van der Waals surface area (Å²) >= 11 is 0. The van der Waals surface area contributed by atoms with Crippen molar-refractivity contribution in [2.24, 2.45) is 5.41 Å². The van der Waals surface area contributed by atoms with Crippen LogP contribution in [0.15, 0.2) is 65.0 Å². The van der Waals surface area contributed by atoms with Crippen LogP contribution in [0, 0.1) is 12.3 Å². The number of hydrogen-bond acceptors (Lipinski definition) is 5. The number of allylic oxidation sites excluding steroid dienone is 3. The minimum absolute atomic E-state index is 0.0438. The second-order valence-corrected chi connectivity index (χ2v) is 9.78. The van der Waals surface area contributed by atoms with Gasteiger partial charge in [-0.15, -0.1) is 0 Å². The third-order valence-electron chi connectivity index (χ3n) is 6.62. The molecule has 0 fully saturated rings. The molecule has 0 bridgehead atoms. The van der Waals surface area contributed by atoms with Gasteiger partial charge in [-0.1, -0.05) is 44.2 Å². The molecule has 6 nitrogen and oxygen atoms in total. The first-order valence-corrected chi connectivity index (χ1v) is 11.5. The highest BCUT2D eigenvalue weighted by Gasteiger charge is 2.43. The molecule has 1 aliphatic carbocycles. The number of para-hydroxylation sites is 2. The van der Waals surface area contributed by atoms with Gasteiger partial charge in [0.1, 0.15) is 0 Å². The molecule has 0 saturated carbocycles. The van der Waals surface area contributed by atoms with E-state index in [1.165, 1.54) is 0 Å². The molecule has 0 saturated heterocycles. The summed E-state index contributed by atoms with van der Waals surface area (Å²) in [5.74, 6) is 0.297. The predicted molar refractivity (Wildman–Crippen MR) is 133 cm³/mol. The third kappa shape index (κ3) is 4.20. The fourth-order valence-corrected chi connectivity index (χ4v) is 5.09. The normalized spacial score (nSPS) is 19.4. The van der Waals surface area contributed by atoms with Crippen LogP contribution < -0.4 is 20.1 Å². The highest BCUT2D eigenvalue weighted by atomic mass is 16.5. The number of methoxy groups -OCH3 is 2. The Hall–Kier alpha value is -3.54. The lowest BCUT2D eigenvalue weighted by molar-refractivity contribution is -0.118. The van der Waals surface area contributed by atoms with Gasteiger partial charge in [-0.05, 0) is 43.4 Å².